The van der Waals surface area contributed by atoms with E-state index in [2.05, 4.69) is 10.0 Å². The molecular weight excluding hydrogens is 433 g/mol. The third-order valence-corrected chi connectivity index (χ3v) is 5.98. The van der Waals surface area contributed by atoms with Gasteiger partial charge in [-0.3, -0.25) is 9.52 Å². The van der Waals surface area contributed by atoms with Crippen LogP contribution >= 0.6 is 0 Å². The van der Waals surface area contributed by atoms with Crippen LogP contribution in [-0.2, 0) is 21.0 Å². The summed E-state index contributed by atoms with van der Waals surface area (Å²) < 4.78 is 71.3. The highest BCUT2D eigenvalue weighted by Gasteiger charge is 2.30. The van der Waals surface area contributed by atoms with Crippen molar-refractivity contribution in [1.82, 2.24) is 0 Å². The second kappa shape index (κ2) is 7.31. The summed E-state index contributed by atoms with van der Waals surface area (Å²) in [4.78, 5) is 12.2. The Labute approximate surface area is 175 Å². The number of aryl methyl sites for hydroxylation is 1. The average Bonchev–Trinajstić information content (AvgIpc) is 3.24. The molecule has 6 nitrogen and oxygen atoms in total. The smallest absolute Gasteiger partial charge is 0.416 e. The second-order valence-electron chi connectivity index (χ2n) is 6.85. The normalized spacial score (nSPS) is 15.1. The van der Waals surface area contributed by atoms with Gasteiger partial charge in [0.05, 0.1) is 16.0 Å². The van der Waals surface area contributed by atoms with Crippen molar-refractivity contribution < 1.29 is 30.8 Å². The van der Waals surface area contributed by atoms with Gasteiger partial charge in [0.2, 0.25) is 0 Å². The molecule has 3 aromatic rings. The SMILES string of the molecule is Cc1ccc(C=C2C(=O)Nc3ccc(S(=O)(=O)Nc4ccc(C(F)(F)F)cc4)cc32)o1. The first kappa shape index (κ1) is 20.7. The number of hydrogen-bond acceptors (Lipinski definition) is 4. The first-order valence-corrected chi connectivity index (χ1v) is 10.5. The van der Waals surface area contributed by atoms with Crippen LogP contribution in [0.15, 0.2) is 63.9 Å². The first-order chi connectivity index (χ1) is 14.5. The van der Waals surface area contributed by atoms with Gasteiger partial charge in [0, 0.05) is 16.9 Å². The van der Waals surface area contributed by atoms with E-state index in [0.29, 0.717) is 22.8 Å². The molecule has 0 radical (unpaired) electrons. The molecule has 0 saturated carbocycles. The zero-order valence-electron chi connectivity index (χ0n) is 15.9. The van der Waals surface area contributed by atoms with Gasteiger partial charge in [-0.2, -0.15) is 13.2 Å². The van der Waals surface area contributed by atoms with Gasteiger partial charge in [-0.1, -0.05) is 0 Å². The minimum Gasteiger partial charge on any atom is -0.462 e. The van der Waals surface area contributed by atoms with Crippen LogP contribution in [0.3, 0.4) is 0 Å². The Kier molecular flexibility index (Phi) is 4.89. The summed E-state index contributed by atoms with van der Waals surface area (Å²) in [5.41, 5.74) is 0.128. The first-order valence-electron chi connectivity index (χ1n) is 8.97. The number of alkyl halides is 3. The maximum Gasteiger partial charge on any atom is 0.416 e. The van der Waals surface area contributed by atoms with E-state index in [1.165, 1.54) is 24.3 Å². The lowest BCUT2D eigenvalue weighted by Gasteiger charge is -2.11. The number of carbonyl (C=O) groups is 1. The number of furan rings is 1. The Morgan fingerprint density at radius 1 is 1.03 bits per heavy atom. The molecule has 0 fully saturated rings. The van der Waals surface area contributed by atoms with Crippen LogP contribution in [0.5, 0.6) is 0 Å². The largest absolute Gasteiger partial charge is 0.462 e. The van der Waals surface area contributed by atoms with Gasteiger partial charge in [-0.25, -0.2) is 8.42 Å². The molecule has 1 amide bonds. The molecule has 0 unspecified atom stereocenters. The molecule has 4 rings (SSSR count). The molecule has 31 heavy (non-hydrogen) atoms. The summed E-state index contributed by atoms with van der Waals surface area (Å²) in [6.07, 6.45) is -3.01. The summed E-state index contributed by atoms with van der Waals surface area (Å²) in [5.74, 6) is 0.684. The topological polar surface area (TPSA) is 88.4 Å². The van der Waals surface area contributed by atoms with E-state index < -0.39 is 27.7 Å². The van der Waals surface area contributed by atoms with Gasteiger partial charge in [-0.15, -0.1) is 0 Å². The Bertz CT molecular complexity index is 1310. The lowest BCUT2D eigenvalue weighted by atomic mass is 10.1. The number of carbonyl (C=O) groups excluding carboxylic acids is 1. The molecule has 1 aliphatic heterocycles. The van der Waals surface area contributed by atoms with E-state index in [4.69, 9.17) is 4.42 Å². The lowest BCUT2D eigenvalue weighted by molar-refractivity contribution is -0.137. The molecule has 1 aromatic heterocycles. The molecule has 1 aliphatic rings. The van der Waals surface area contributed by atoms with Crippen molar-refractivity contribution in [1.29, 1.82) is 0 Å². The maximum atomic E-state index is 12.8. The fourth-order valence-electron chi connectivity index (χ4n) is 3.09. The highest BCUT2D eigenvalue weighted by atomic mass is 32.2. The summed E-state index contributed by atoms with van der Waals surface area (Å²) in [7, 11) is -4.11. The third-order valence-electron chi connectivity index (χ3n) is 4.60. The van der Waals surface area contributed by atoms with Gasteiger partial charge in [-0.05, 0) is 67.6 Å². The molecule has 2 N–H and O–H groups in total. The zero-order chi connectivity index (χ0) is 22.4. The maximum absolute atomic E-state index is 12.8. The van der Waals surface area contributed by atoms with E-state index in [9.17, 15) is 26.4 Å². The fraction of sp³-hybridized carbons (Fsp3) is 0.0952. The van der Waals surface area contributed by atoms with Crippen LogP contribution in [0.1, 0.15) is 22.6 Å². The molecule has 2 heterocycles. The van der Waals surface area contributed by atoms with Crippen LogP contribution < -0.4 is 10.0 Å². The number of halogens is 3. The van der Waals surface area contributed by atoms with E-state index in [0.717, 1.165) is 24.3 Å². The number of sulfonamides is 1. The Hall–Kier alpha value is -3.53. The van der Waals surface area contributed by atoms with E-state index in [1.54, 1.807) is 19.1 Å². The molecular formula is C21H15F3N2O4S. The molecule has 0 saturated heterocycles. The van der Waals surface area contributed by atoms with Crippen LogP contribution in [0.25, 0.3) is 11.6 Å². The Morgan fingerprint density at radius 2 is 1.74 bits per heavy atom. The van der Waals surface area contributed by atoms with Gasteiger partial charge in [0.15, 0.2) is 0 Å². The summed E-state index contributed by atoms with van der Waals surface area (Å²) in [6, 6.07) is 11.1. The van der Waals surface area contributed by atoms with Gasteiger partial charge in [0.25, 0.3) is 15.9 Å². The molecule has 0 aliphatic carbocycles. The van der Waals surface area contributed by atoms with Crippen molar-refractivity contribution in [2.24, 2.45) is 0 Å². The van der Waals surface area contributed by atoms with Crippen LogP contribution in [0.4, 0.5) is 24.5 Å². The van der Waals surface area contributed by atoms with E-state index in [1.807, 2.05) is 0 Å². The second-order valence-corrected chi connectivity index (χ2v) is 8.53. The molecule has 160 valence electrons. The zero-order valence-corrected chi connectivity index (χ0v) is 16.8. The van der Waals surface area contributed by atoms with Crippen molar-refractivity contribution in [3.63, 3.8) is 0 Å². The number of amides is 1. The van der Waals surface area contributed by atoms with Gasteiger partial charge < -0.3 is 9.73 Å². The molecule has 10 heteroatoms. The molecule has 2 aromatic carbocycles. The predicted molar refractivity (Wildman–Crippen MR) is 109 cm³/mol. The number of hydrogen-bond donors (Lipinski definition) is 2. The van der Waals surface area contributed by atoms with Gasteiger partial charge in [0.1, 0.15) is 11.5 Å². The van der Waals surface area contributed by atoms with Crippen molar-refractivity contribution in [2.45, 2.75) is 18.0 Å². The standard InChI is InChI=1S/C21H15F3N2O4S/c1-12-2-7-15(30-12)10-18-17-11-16(8-9-19(17)25-20(18)27)31(28,29)26-14-5-3-13(4-6-14)21(22,23)24/h2-11,26H,1H3,(H,25,27). The number of fused-ring (bicyclic) bond motifs is 1. The van der Waals surface area contributed by atoms with Crippen molar-refractivity contribution in [3.05, 3.63) is 77.2 Å². The highest BCUT2D eigenvalue weighted by molar-refractivity contribution is 7.92. The van der Waals surface area contributed by atoms with Gasteiger partial charge >= 0.3 is 6.18 Å². The monoisotopic (exact) mass is 448 g/mol. The van der Waals surface area contributed by atoms with Crippen molar-refractivity contribution in [2.75, 3.05) is 10.0 Å². The molecule has 0 atom stereocenters. The van der Waals surface area contributed by atoms with E-state index in [-0.39, 0.29) is 16.2 Å². The van der Waals surface area contributed by atoms with Crippen LogP contribution in [0, 0.1) is 6.92 Å². The molecule has 0 bridgehead atoms. The minimum atomic E-state index is -4.52. The summed E-state index contributed by atoms with van der Waals surface area (Å²) >= 11 is 0. The van der Waals surface area contributed by atoms with Crippen molar-refractivity contribution >= 4 is 39.0 Å². The fourth-order valence-corrected chi connectivity index (χ4v) is 4.18. The highest BCUT2D eigenvalue weighted by Crippen LogP contribution is 2.35. The summed E-state index contributed by atoms with van der Waals surface area (Å²) in [6.45, 7) is 1.75. The number of rotatable bonds is 4. The Balaban J connectivity index is 1.65. The average molecular weight is 448 g/mol. The Morgan fingerprint density at radius 3 is 2.35 bits per heavy atom. The summed E-state index contributed by atoms with van der Waals surface area (Å²) in [5, 5.41) is 2.65. The lowest BCUT2D eigenvalue weighted by Crippen LogP contribution is -2.13. The number of benzene rings is 2. The van der Waals surface area contributed by atoms with E-state index >= 15 is 0 Å². The number of nitrogens with one attached hydrogen (secondary N) is 2. The van der Waals surface area contributed by atoms with Crippen LogP contribution in [-0.4, -0.2) is 14.3 Å². The molecule has 0 spiro atoms. The third kappa shape index (κ3) is 4.19. The predicted octanol–water partition coefficient (Wildman–Crippen LogP) is 4.90. The van der Waals surface area contributed by atoms with Crippen molar-refractivity contribution in [3.8, 4) is 0 Å². The van der Waals surface area contributed by atoms with Crippen LogP contribution in [0.2, 0.25) is 0 Å². The minimum absolute atomic E-state index is 0.0236. The number of anilines is 2. The quantitative estimate of drug-likeness (QED) is 0.556.